The highest BCUT2D eigenvalue weighted by atomic mass is 16.5. The van der Waals surface area contributed by atoms with Gasteiger partial charge in [-0.1, -0.05) is 78.4 Å². The lowest BCUT2D eigenvalue weighted by atomic mass is 10.0. The molecular weight excluding hydrogens is 354 g/mol. The standard InChI is InChI=1S/C27H29NO/c1-21(17-22-10-13-25(14-11-22)24-7-4-3-5-8-24)19-28(2)20-23-12-15-26-9-6-16-29-27(26)18-23/h3-5,7-8,10-15,17-18H,6,9,16,19-20H2,1-2H3. The quantitative estimate of drug-likeness (QED) is 0.501. The first-order valence-electron chi connectivity index (χ1n) is 10.4. The molecule has 0 radical (unpaired) electrons. The summed E-state index contributed by atoms with van der Waals surface area (Å²) in [5.41, 5.74) is 7.78. The summed E-state index contributed by atoms with van der Waals surface area (Å²) >= 11 is 0. The van der Waals surface area contributed by atoms with Crippen molar-refractivity contribution in [1.29, 1.82) is 0 Å². The fourth-order valence-corrected chi connectivity index (χ4v) is 4.01. The number of benzene rings is 3. The molecule has 0 amide bonds. The minimum atomic E-state index is 0.844. The largest absolute Gasteiger partial charge is 0.493 e. The molecule has 0 saturated carbocycles. The first-order valence-corrected chi connectivity index (χ1v) is 10.4. The van der Waals surface area contributed by atoms with Gasteiger partial charge in [-0.2, -0.15) is 0 Å². The zero-order valence-electron chi connectivity index (χ0n) is 17.4. The fourth-order valence-electron chi connectivity index (χ4n) is 4.01. The third-order valence-electron chi connectivity index (χ3n) is 5.38. The molecule has 1 heterocycles. The van der Waals surface area contributed by atoms with E-state index < -0.39 is 0 Å². The zero-order valence-corrected chi connectivity index (χ0v) is 17.4. The smallest absolute Gasteiger partial charge is 0.122 e. The highest BCUT2D eigenvalue weighted by Crippen LogP contribution is 2.26. The van der Waals surface area contributed by atoms with Crippen LogP contribution in [0.2, 0.25) is 0 Å². The van der Waals surface area contributed by atoms with E-state index in [0.29, 0.717) is 0 Å². The molecule has 0 aromatic heterocycles. The van der Waals surface area contributed by atoms with Gasteiger partial charge in [0.25, 0.3) is 0 Å². The molecule has 0 atom stereocenters. The Morgan fingerprint density at radius 1 is 0.966 bits per heavy atom. The number of hydrogen-bond donors (Lipinski definition) is 0. The number of fused-ring (bicyclic) bond motifs is 1. The molecule has 0 N–H and O–H groups in total. The molecule has 3 aromatic carbocycles. The van der Waals surface area contributed by atoms with E-state index in [2.05, 4.69) is 97.7 Å². The molecule has 0 spiro atoms. The average Bonchev–Trinajstić information content (AvgIpc) is 2.74. The summed E-state index contributed by atoms with van der Waals surface area (Å²) in [7, 11) is 2.18. The van der Waals surface area contributed by atoms with E-state index in [-0.39, 0.29) is 0 Å². The molecule has 1 aliphatic rings. The summed E-state index contributed by atoms with van der Waals surface area (Å²) in [5, 5.41) is 0. The van der Waals surface area contributed by atoms with Gasteiger partial charge in [-0.15, -0.1) is 0 Å². The Kier molecular flexibility index (Phi) is 6.12. The van der Waals surface area contributed by atoms with Gasteiger partial charge in [0.2, 0.25) is 0 Å². The van der Waals surface area contributed by atoms with Crippen molar-refractivity contribution < 1.29 is 4.74 Å². The summed E-state index contributed by atoms with van der Waals surface area (Å²) in [4.78, 5) is 2.36. The summed E-state index contributed by atoms with van der Waals surface area (Å²) < 4.78 is 5.82. The second kappa shape index (κ2) is 9.11. The summed E-state index contributed by atoms with van der Waals surface area (Å²) in [5.74, 6) is 1.08. The molecule has 29 heavy (non-hydrogen) atoms. The monoisotopic (exact) mass is 383 g/mol. The highest BCUT2D eigenvalue weighted by molar-refractivity contribution is 5.66. The minimum Gasteiger partial charge on any atom is -0.493 e. The van der Waals surface area contributed by atoms with E-state index in [1.54, 1.807) is 0 Å². The van der Waals surface area contributed by atoms with Crippen molar-refractivity contribution in [3.8, 4) is 16.9 Å². The molecule has 148 valence electrons. The van der Waals surface area contributed by atoms with Crippen LogP contribution >= 0.6 is 0 Å². The Bertz CT molecular complexity index is 973. The molecule has 3 aromatic rings. The van der Waals surface area contributed by atoms with Crippen LogP contribution in [-0.4, -0.2) is 25.1 Å². The molecule has 2 nitrogen and oxygen atoms in total. The van der Waals surface area contributed by atoms with Gasteiger partial charge in [0.15, 0.2) is 0 Å². The Balaban J connectivity index is 1.37. The van der Waals surface area contributed by atoms with Crippen LogP contribution in [0.1, 0.15) is 30.0 Å². The molecular formula is C27H29NO. The maximum atomic E-state index is 5.82. The summed E-state index contributed by atoms with van der Waals surface area (Å²) in [6.07, 6.45) is 4.54. The van der Waals surface area contributed by atoms with Gasteiger partial charge < -0.3 is 4.74 Å². The van der Waals surface area contributed by atoms with Crippen molar-refractivity contribution in [1.82, 2.24) is 4.90 Å². The van der Waals surface area contributed by atoms with Crippen molar-refractivity contribution >= 4 is 6.08 Å². The molecule has 0 fully saturated rings. The van der Waals surface area contributed by atoms with Gasteiger partial charge >= 0.3 is 0 Å². The Labute approximate surface area is 174 Å². The van der Waals surface area contributed by atoms with E-state index in [9.17, 15) is 0 Å². The van der Waals surface area contributed by atoms with Gasteiger partial charge in [-0.3, -0.25) is 4.90 Å². The maximum absolute atomic E-state index is 5.82. The molecule has 1 aliphatic heterocycles. The third-order valence-corrected chi connectivity index (χ3v) is 5.38. The van der Waals surface area contributed by atoms with Crippen LogP contribution in [0.4, 0.5) is 0 Å². The predicted octanol–water partition coefficient (Wildman–Crippen LogP) is 6.21. The number of aryl methyl sites for hydroxylation is 1. The number of likely N-dealkylation sites (N-methyl/N-ethyl adjacent to an activating group) is 1. The molecule has 0 aliphatic carbocycles. The van der Waals surface area contributed by atoms with Crippen molar-refractivity contribution in [2.45, 2.75) is 26.3 Å². The summed E-state index contributed by atoms with van der Waals surface area (Å²) in [6.45, 7) is 4.92. The number of ether oxygens (including phenoxy) is 1. The van der Waals surface area contributed by atoms with E-state index in [1.807, 2.05) is 0 Å². The Morgan fingerprint density at radius 2 is 1.72 bits per heavy atom. The van der Waals surface area contributed by atoms with E-state index in [4.69, 9.17) is 4.74 Å². The van der Waals surface area contributed by atoms with Crippen LogP contribution in [0.25, 0.3) is 17.2 Å². The lowest BCUT2D eigenvalue weighted by Gasteiger charge is -2.21. The van der Waals surface area contributed by atoms with Crippen molar-refractivity contribution in [2.75, 3.05) is 20.2 Å². The van der Waals surface area contributed by atoms with Crippen molar-refractivity contribution in [3.05, 3.63) is 95.1 Å². The van der Waals surface area contributed by atoms with Crippen LogP contribution in [0.5, 0.6) is 5.75 Å². The van der Waals surface area contributed by atoms with Gasteiger partial charge in [0, 0.05) is 13.1 Å². The number of nitrogens with zero attached hydrogens (tertiary/aromatic N) is 1. The minimum absolute atomic E-state index is 0.844. The van der Waals surface area contributed by atoms with Gasteiger partial charge in [-0.05, 0) is 60.7 Å². The molecule has 0 unspecified atom stereocenters. The topological polar surface area (TPSA) is 12.5 Å². The molecule has 4 rings (SSSR count). The first-order chi connectivity index (χ1) is 14.2. The van der Waals surface area contributed by atoms with Crippen LogP contribution in [0, 0.1) is 0 Å². The Morgan fingerprint density at radius 3 is 2.52 bits per heavy atom. The summed E-state index contributed by atoms with van der Waals surface area (Å²) in [6, 6.07) is 26.0. The fraction of sp³-hybridized carbons (Fsp3) is 0.259. The third kappa shape index (κ3) is 5.16. The first kappa shape index (κ1) is 19.5. The maximum Gasteiger partial charge on any atom is 0.122 e. The van der Waals surface area contributed by atoms with E-state index in [0.717, 1.165) is 38.3 Å². The predicted molar refractivity (Wildman–Crippen MR) is 122 cm³/mol. The van der Waals surface area contributed by atoms with Gasteiger partial charge in [-0.25, -0.2) is 0 Å². The lowest BCUT2D eigenvalue weighted by molar-refractivity contribution is 0.287. The van der Waals surface area contributed by atoms with E-state index >= 15 is 0 Å². The highest BCUT2D eigenvalue weighted by Gasteiger charge is 2.11. The van der Waals surface area contributed by atoms with Crippen LogP contribution in [0.3, 0.4) is 0 Å². The van der Waals surface area contributed by atoms with Crippen LogP contribution in [-0.2, 0) is 13.0 Å². The average molecular weight is 384 g/mol. The van der Waals surface area contributed by atoms with E-state index in [1.165, 1.54) is 33.4 Å². The van der Waals surface area contributed by atoms with Crippen molar-refractivity contribution in [2.24, 2.45) is 0 Å². The zero-order chi connectivity index (χ0) is 20.1. The Hall–Kier alpha value is -2.84. The normalized spacial score (nSPS) is 13.8. The van der Waals surface area contributed by atoms with Gasteiger partial charge in [0.1, 0.15) is 5.75 Å². The van der Waals surface area contributed by atoms with Crippen LogP contribution in [0.15, 0.2) is 78.4 Å². The molecule has 2 heteroatoms. The molecule has 0 bridgehead atoms. The van der Waals surface area contributed by atoms with Crippen molar-refractivity contribution in [3.63, 3.8) is 0 Å². The van der Waals surface area contributed by atoms with Crippen LogP contribution < -0.4 is 4.74 Å². The lowest BCUT2D eigenvalue weighted by Crippen LogP contribution is -2.20. The second-order valence-electron chi connectivity index (χ2n) is 8.05. The number of rotatable bonds is 6. The number of hydrogen-bond acceptors (Lipinski definition) is 2. The van der Waals surface area contributed by atoms with Gasteiger partial charge in [0.05, 0.1) is 6.61 Å². The second-order valence-corrected chi connectivity index (χ2v) is 8.05. The molecule has 0 saturated heterocycles. The SMILES string of the molecule is CC(=Cc1ccc(-c2ccccc2)cc1)CN(C)Cc1ccc2c(c1)OCCC2.